The number of rotatable bonds is 2. The highest BCUT2D eigenvalue weighted by atomic mass is 35.5. The van der Waals surface area contributed by atoms with E-state index < -0.39 is 0 Å². The number of aromatic nitrogens is 2. The highest BCUT2D eigenvalue weighted by Gasteiger charge is 2.17. The van der Waals surface area contributed by atoms with Crippen molar-refractivity contribution in [3.8, 4) is 5.75 Å². The smallest absolute Gasteiger partial charge is 0.267 e. The van der Waals surface area contributed by atoms with Crippen molar-refractivity contribution in [1.82, 2.24) is 9.55 Å². The van der Waals surface area contributed by atoms with Gasteiger partial charge in [-0.1, -0.05) is 11.6 Å². The van der Waals surface area contributed by atoms with E-state index in [-0.39, 0.29) is 5.91 Å². The number of methoxy groups -OCH3 is 1. The van der Waals surface area contributed by atoms with Gasteiger partial charge in [0.1, 0.15) is 12.1 Å². The Hall–Kier alpha value is -2.33. The van der Waals surface area contributed by atoms with Crippen molar-refractivity contribution in [3.05, 3.63) is 58.4 Å². The van der Waals surface area contributed by atoms with E-state index >= 15 is 0 Å². The SMILES string of the molecule is COc1ccc(Cl)cc1C(=O)n1cnc2cc(C)c(C)cc21. The molecule has 0 fully saturated rings. The van der Waals surface area contributed by atoms with E-state index in [1.807, 2.05) is 26.0 Å². The number of benzene rings is 2. The Labute approximate surface area is 133 Å². The lowest BCUT2D eigenvalue weighted by Crippen LogP contribution is -2.12. The second-order valence-corrected chi connectivity index (χ2v) is 5.63. The van der Waals surface area contributed by atoms with Crippen LogP contribution in [0.15, 0.2) is 36.7 Å². The van der Waals surface area contributed by atoms with Gasteiger partial charge in [0.2, 0.25) is 0 Å². The summed E-state index contributed by atoms with van der Waals surface area (Å²) in [5, 5.41) is 0.487. The molecule has 3 aromatic rings. The Morgan fingerprint density at radius 2 is 1.91 bits per heavy atom. The highest BCUT2D eigenvalue weighted by molar-refractivity contribution is 6.31. The lowest BCUT2D eigenvalue weighted by Gasteiger charge is -2.09. The minimum atomic E-state index is -0.217. The van der Waals surface area contributed by atoms with Gasteiger partial charge in [-0.15, -0.1) is 0 Å². The molecule has 0 amide bonds. The third-order valence-electron chi connectivity index (χ3n) is 3.77. The molecular formula is C17H15ClN2O2. The van der Waals surface area contributed by atoms with Crippen LogP contribution in [-0.4, -0.2) is 22.6 Å². The molecular weight excluding hydrogens is 300 g/mol. The van der Waals surface area contributed by atoms with E-state index in [0.717, 1.165) is 22.2 Å². The molecule has 0 saturated heterocycles. The summed E-state index contributed by atoms with van der Waals surface area (Å²) < 4.78 is 6.78. The largest absolute Gasteiger partial charge is 0.496 e. The zero-order valence-electron chi connectivity index (χ0n) is 12.6. The van der Waals surface area contributed by atoms with Crippen LogP contribution >= 0.6 is 11.6 Å². The minimum absolute atomic E-state index is 0.217. The first-order valence-corrected chi connectivity index (χ1v) is 7.21. The fourth-order valence-corrected chi connectivity index (χ4v) is 2.58. The summed E-state index contributed by atoms with van der Waals surface area (Å²) >= 11 is 6.01. The summed E-state index contributed by atoms with van der Waals surface area (Å²) in [6, 6.07) is 8.92. The summed E-state index contributed by atoms with van der Waals surface area (Å²) in [6.07, 6.45) is 1.53. The van der Waals surface area contributed by atoms with Crippen LogP contribution in [0.25, 0.3) is 11.0 Å². The molecule has 112 valence electrons. The van der Waals surface area contributed by atoms with Gasteiger partial charge in [-0.3, -0.25) is 9.36 Å². The number of carbonyl (C=O) groups is 1. The van der Waals surface area contributed by atoms with E-state index in [4.69, 9.17) is 16.3 Å². The molecule has 0 aliphatic heterocycles. The molecule has 0 aliphatic rings. The van der Waals surface area contributed by atoms with E-state index in [9.17, 15) is 4.79 Å². The number of ether oxygens (including phenoxy) is 1. The number of carbonyl (C=O) groups excluding carboxylic acids is 1. The van der Waals surface area contributed by atoms with Crippen LogP contribution in [0.3, 0.4) is 0 Å². The van der Waals surface area contributed by atoms with Gasteiger partial charge in [0, 0.05) is 5.02 Å². The van der Waals surface area contributed by atoms with Crippen LogP contribution in [0.5, 0.6) is 5.75 Å². The lowest BCUT2D eigenvalue weighted by atomic mass is 10.1. The first kappa shape index (κ1) is 14.6. The molecule has 22 heavy (non-hydrogen) atoms. The predicted octanol–water partition coefficient (Wildman–Crippen LogP) is 4.00. The van der Waals surface area contributed by atoms with Gasteiger partial charge in [0.25, 0.3) is 5.91 Å². The van der Waals surface area contributed by atoms with Crippen molar-refractivity contribution >= 4 is 28.5 Å². The molecule has 5 heteroatoms. The van der Waals surface area contributed by atoms with Crippen LogP contribution < -0.4 is 4.74 Å². The second-order valence-electron chi connectivity index (χ2n) is 5.19. The number of fused-ring (bicyclic) bond motifs is 1. The lowest BCUT2D eigenvalue weighted by molar-refractivity contribution is 0.0961. The van der Waals surface area contributed by atoms with E-state index in [2.05, 4.69) is 4.98 Å². The van der Waals surface area contributed by atoms with Crippen LogP contribution in [0.1, 0.15) is 21.5 Å². The van der Waals surface area contributed by atoms with Gasteiger partial charge in [-0.05, 0) is 55.3 Å². The maximum Gasteiger partial charge on any atom is 0.267 e. The standard InChI is InChI=1S/C17H15ClN2O2/c1-10-6-14-15(7-11(10)2)20(9-19-14)17(21)13-8-12(18)4-5-16(13)22-3/h4-9H,1-3H3. The van der Waals surface area contributed by atoms with Crippen molar-refractivity contribution in [2.45, 2.75) is 13.8 Å². The molecule has 0 spiro atoms. The molecule has 3 rings (SSSR count). The summed E-state index contributed by atoms with van der Waals surface area (Å²) in [4.78, 5) is 17.1. The highest BCUT2D eigenvalue weighted by Crippen LogP contribution is 2.26. The van der Waals surface area contributed by atoms with Gasteiger partial charge in [-0.25, -0.2) is 4.98 Å². The maximum absolute atomic E-state index is 12.8. The Morgan fingerprint density at radius 3 is 2.64 bits per heavy atom. The molecule has 0 saturated carbocycles. The third kappa shape index (κ3) is 2.35. The molecule has 1 aromatic heterocycles. The van der Waals surface area contributed by atoms with Crippen molar-refractivity contribution in [2.75, 3.05) is 7.11 Å². The second kappa shape index (κ2) is 5.46. The summed E-state index contributed by atoms with van der Waals surface area (Å²) in [7, 11) is 1.53. The van der Waals surface area contributed by atoms with E-state index in [1.54, 1.807) is 18.2 Å². The molecule has 0 radical (unpaired) electrons. The Kier molecular flexibility index (Phi) is 3.62. The fraction of sp³-hybridized carbons (Fsp3) is 0.176. The van der Waals surface area contributed by atoms with E-state index in [0.29, 0.717) is 16.3 Å². The molecule has 0 N–H and O–H groups in total. The Balaban J connectivity index is 2.17. The fourth-order valence-electron chi connectivity index (χ4n) is 2.40. The molecule has 2 aromatic carbocycles. The topological polar surface area (TPSA) is 44.1 Å². The zero-order chi connectivity index (χ0) is 15.9. The van der Waals surface area contributed by atoms with E-state index in [1.165, 1.54) is 18.0 Å². The minimum Gasteiger partial charge on any atom is -0.496 e. The number of hydrogen-bond donors (Lipinski definition) is 0. The molecule has 0 bridgehead atoms. The molecule has 1 heterocycles. The van der Waals surface area contributed by atoms with Gasteiger partial charge in [0.15, 0.2) is 0 Å². The first-order chi connectivity index (χ1) is 10.5. The molecule has 0 aliphatic carbocycles. The van der Waals surface area contributed by atoms with Gasteiger partial charge >= 0.3 is 0 Å². The number of imidazole rings is 1. The third-order valence-corrected chi connectivity index (χ3v) is 4.01. The first-order valence-electron chi connectivity index (χ1n) is 6.84. The average molecular weight is 315 g/mol. The predicted molar refractivity (Wildman–Crippen MR) is 86.9 cm³/mol. The summed E-state index contributed by atoms with van der Waals surface area (Å²) in [5.41, 5.74) is 4.23. The normalized spacial score (nSPS) is 10.9. The van der Waals surface area contributed by atoms with Crippen molar-refractivity contribution in [2.24, 2.45) is 0 Å². The van der Waals surface area contributed by atoms with Crippen LogP contribution in [0.2, 0.25) is 5.02 Å². The van der Waals surface area contributed by atoms with Crippen molar-refractivity contribution < 1.29 is 9.53 Å². The number of nitrogens with zero attached hydrogens (tertiary/aromatic N) is 2. The van der Waals surface area contributed by atoms with Gasteiger partial charge in [-0.2, -0.15) is 0 Å². The number of halogens is 1. The van der Waals surface area contributed by atoms with Crippen molar-refractivity contribution in [1.29, 1.82) is 0 Å². The van der Waals surface area contributed by atoms with Crippen LogP contribution in [0, 0.1) is 13.8 Å². The Morgan fingerprint density at radius 1 is 1.18 bits per heavy atom. The quantitative estimate of drug-likeness (QED) is 0.718. The van der Waals surface area contributed by atoms with Gasteiger partial charge < -0.3 is 4.74 Å². The van der Waals surface area contributed by atoms with Crippen LogP contribution in [0.4, 0.5) is 0 Å². The molecule has 4 nitrogen and oxygen atoms in total. The monoisotopic (exact) mass is 314 g/mol. The van der Waals surface area contributed by atoms with Crippen LogP contribution in [-0.2, 0) is 0 Å². The Bertz CT molecular complexity index is 884. The number of hydrogen-bond acceptors (Lipinski definition) is 3. The number of aryl methyl sites for hydroxylation is 2. The maximum atomic E-state index is 12.8. The summed E-state index contributed by atoms with van der Waals surface area (Å²) in [5.74, 6) is 0.269. The molecule has 0 unspecified atom stereocenters. The zero-order valence-corrected chi connectivity index (χ0v) is 13.3. The average Bonchev–Trinajstić information content (AvgIpc) is 2.89. The van der Waals surface area contributed by atoms with Gasteiger partial charge in [0.05, 0.1) is 23.7 Å². The molecule has 0 atom stereocenters. The van der Waals surface area contributed by atoms with Crippen molar-refractivity contribution in [3.63, 3.8) is 0 Å². The summed E-state index contributed by atoms with van der Waals surface area (Å²) in [6.45, 7) is 4.03.